The zero-order chi connectivity index (χ0) is 21.8. The molecular weight excluding hydrogens is 386 g/mol. The highest BCUT2D eigenvalue weighted by atomic mass is 16.1. The van der Waals surface area contributed by atoms with Crippen molar-refractivity contribution in [3.63, 3.8) is 0 Å². The minimum atomic E-state index is -0.0904. The van der Waals surface area contributed by atoms with Gasteiger partial charge in [-0.05, 0) is 55.2 Å². The van der Waals surface area contributed by atoms with Gasteiger partial charge >= 0.3 is 0 Å². The van der Waals surface area contributed by atoms with Gasteiger partial charge in [-0.1, -0.05) is 30.3 Å². The summed E-state index contributed by atoms with van der Waals surface area (Å²) in [6.45, 7) is 3.85. The molecule has 2 aromatic rings. The number of hydrogen-bond acceptors (Lipinski definition) is 4. The molecule has 2 aliphatic heterocycles. The molecule has 0 saturated carbocycles. The van der Waals surface area contributed by atoms with E-state index < -0.39 is 0 Å². The van der Waals surface area contributed by atoms with Crippen LogP contribution in [-0.4, -0.2) is 36.8 Å². The molecule has 1 fully saturated rings. The van der Waals surface area contributed by atoms with Gasteiger partial charge in [0.1, 0.15) is 11.7 Å². The van der Waals surface area contributed by atoms with Gasteiger partial charge in [0.05, 0.1) is 5.57 Å². The van der Waals surface area contributed by atoms with Gasteiger partial charge in [0.25, 0.3) is 5.91 Å². The van der Waals surface area contributed by atoms with E-state index in [0.717, 1.165) is 48.6 Å². The number of piperidine rings is 1. The molecule has 0 spiro atoms. The second kappa shape index (κ2) is 9.08. The fraction of sp³-hybridized carbons (Fsp3) is 0.280. The topological polar surface area (TPSA) is 80.2 Å². The van der Waals surface area contributed by atoms with Gasteiger partial charge in [-0.15, -0.1) is 0 Å². The number of amides is 1. The Kier molecular flexibility index (Phi) is 6.07. The number of amidine groups is 1. The predicted octanol–water partition coefficient (Wildman–Crippen LogP) is 3.95. The van der Waals surface area contributed by atoms with Gasteiger partial charge in [-0.3, -0.25) is 10.2 Å². The molecule has 0 bridgehead atoms. The van der Waals surface area contributed by atoms with Crippen LogP contribution in [0.15, 0.2) is 72.2 Å². The fourth-order valence-electron chi connectivity index (χ4n) is 4.29. The molecule has 6 nitrogen and oxygen atoms in total. The first-order valence-corrected chi connectivity index (χ1v) is 10.7. The number of nitrogens with zero attached hydrogens (tertiary/aromatic N) is 1. The third-order valence-corrected chi connectivity index (χ3v) is 5.99. The first-order valence-electron chi connectivity index (χ1n) is 10.7. The molecule has 0 aliphatic carbocycles. The van der Waals surface area contributed by atoms with Crippen molar-refractivity contribution in [1.82, 2.24) is 15.5 Å². The van der Waals surface area contributed by atoms with Crippen LogP contribution in [0.4, 0.5) is 5.69 Å². The van der Waals surface area contributed by atoms with Crippen LogP contribution < -0.4 is 16.0 Å². The normalized spacial score (nSPS) is 19.7. The van der Waals surface area contributed by atoms with Crippen LogP contribution in [0.2, 0.25) is 0 Å². The lowest BCUT2D eigenvalue weighted by Gasteiger charge is -2.36. The minimum absolute atomic E-state index is 0.0904. The fourth-order valence-corrected chi connectivity index (χ4v) is 4.29. The summed E-state index contributed by atoms with van der Waals surface area (Å²) < 4.78 is 0. The number of hydrogen-bond donors (Lipinski definition) is 4. The first kappa shape index (κ1) is 20.7. The number of rotatable bonds is 5. The van der Waals surface area contributed by atoms with Crippen molar-refractivity contribution in [2.45, 2.75) is 25.7 Å². The zero-order valence-electron chi connectivity index (χ0n) is 18.0. The average molecular weight is 416 g/mol. The van der Waals surface area contributed by atoms with Crippen molar-refractivity contribution >= 4 is 17.4 Å². The predicted molar refractivity (Wildman–Crippen MR) is 125 cm³/mol. The maximum atomic E-state index is 12.6. The second-order valence-corrected chi connectivity index (χ2v) is 8.04. The average Bonchev–Trinajstić information content (AvgIpc) is 3.22. The summed E-state index contributed by atoms with van der Waals surface area (Å²) in [5.74, 6) is 1.68. The van der Waals surface area contributed by atoms with Crippen molar-refractivity contribution in [3.8, 4) is 0 Å². The number of likely N-dealkylation sites (tertiary alicyclic amines) is 1. The van der Waals surface area contributed by atoms with Gasteiger partial charge in [-0.2, -0.15) is 0 Å². The van der Waals surface area contributed by atoms with E-state index in [0.29, 0.717) is 17.3 Å². The van der Waals surface area contributed by atoms with Crippen LogP contribution in [0.1, 0.15) is 40.2 Å². The SMILES string of the molecule is CN/C(=C1/C=CNC1=N)N1CCCC(c2ccc(C)c(NC(=O)c3ccccc3)c2)C1. The molecular formula is C25H29N5O. The third kappa shape index (κ3) is 4.48. The summed E-state index contributed by atoms with van der Waals surface area (Å²) in [6.07, 6.45) is 5.93. The van der Waals surface area contributed by atoms with Gasteiger partial charge in [-0.25, -0.2) is 0 Å². The van der Waals surface area contributed by atoms with Crippen molar-refractivity contribution in [2.75, 3.05) is 25.5 Å². The van der Waals surface area contributed by atoms with Crippen molar-refractivity contribution < 1.29 is 4.79 Å². The second-order valence-electron chi connectivity index (χ2n) is 8.04. The Morgan fingerprint density at radius 2 is 2.00 bits per heavy atom. The highest BCUT2D eigenvalue weighted by Crippen LogP contribution is 2.32. The van der Waals surface area contributed by atoms with E-state index >= 15 is 0 Å². The molecule has 4 N–H and O–H groups in total. The molecule has 0 aromatic heterocycles. The van der Waals surface area contributed by atoms with E-state index in [9.17, 15) is 4.79 Å². The molecule has 0 radical (unpaired) electrons. The summed E-state index contributed by atoms with van der Waals surface area (Å²) >= 11 is 0. The Morgan fingerprint density at radius 1 is 1.19 bits per heavy atom. The monoisotopic (exact) mass is 415 g/mol. The number of benzene rings is 2. The molecule has 1 amide bonds. The van der Waals surface area contributed by atoms with Gasteiger partial charge in [0.2, 0.25) is 0 Å². The number of carbonyl (C=O) groups excluding carboxylic acids is 1. The third-order valence-electron chi connectivity index (χ3n) is 5.99. The molecule has 2 heterocycles. The number of carbonyl (C=O) groups is 1. The van der Waals surface area contributed by atoms with Crippen LogP contribution in [0.5, 0.6) is 0 Å². The lowest BCUT2D eigenvalue weighted by Crippen LogP contribution is -2.39. The largest absolute Gasteiger partial charge is 0.374 e. The lowest BCUT2D eigenvalue weighted by molar-refractivity contribution is 0.102. The van der Waals surface area contributed by atoms with Gasteiger partial charge < -0.3 is 20.9 Å². The molecule has 6 heteroatoms. The Morgan fingerprint density at radius 3 is 2.71 bits per heavy atom. The quantitative estimate of drug-likeness (QED) is 0.596. The van der Waals surface area contributed by atoms with E-state index in [1.807, 2.05) is 50.4 Å². The lowest BCUT2D eigenvalue weighted by atomic mass is 9.89. The van der Waals surface area contributed by atoms with Crippen LogP contribution in [0, 0.1) is 12.3 Å². The van der Waals surface area contributed by atoms with Gasteiger partial charge in [0.15, 0.2) is 0 Å². The summed E-state index contributed by atoms with van der Waals surface area (Å²) in [6, 6.07) is 15.7. The molecule has 31 heavy (non-hydrogen) atoms. The standard InChI is InChI=1S/C25H29N5O/c1-17-10-11-19(15-22(17)29-25(31)18-7-4-3-5-8-18)20-9-6-14-30(16-20)24(27-2)21-12-13-28-23(21)26/h3-5,7-8,10-13,15,20,27H,6,9,14,16H2,1-2H3,(H2,26,28)(H,29,31)/b24-21+. The first-order chi connectivity index (χ1) is 15.1. The molecule has 160 valence electrons. The van der Waals surface area contributed by atoms with E-state index in [-0.39, 0.29) is 5.91 Å². The Hall–Kier alpha value is -3.54. The minimum Gasteiger partial charge on any atom is -0.374 e. The van der Waals surface area contributed by atoms with Crippen LogP contribution >= 0.6 is 0 Å². The molecule has 4 rings (SSSR count). The number of anilines is 1. The van der Waals surface area contributed by atoms with Crippen molar-refractivity contribution in [2.24, 2.45) is 0 Å². The maximum absolute atomic E-state index is 12.6. The van der Waals surface area contributed by atoms with E-state index in [2.05, 4.69) is 39.0 Å². The molecule has 1 unspecified atom stereocenters. The maximum Gasteiger partial charge on any atom is 0.255 e. The van der Waals surface area contributed by atoms with Crippen LogP contribution in [-0.2, 0) is 0 Å². The molecule has 1 atom stereocenters. The highest BCUT2D eigenvalue weighted by Gasteiger charge is 2.26. The summed E-state index contributed by atoms with van der Waals surface area (Å²) in [7, 11) is 1.91. The summed E-state index contributed by atoms with van der Waals surface area (Å²) in [5.41, 5.74) is 4.69. The summed E-state index contributed by atoms with van der Waals surface area (Å²) in [5, 5.41) is 17.5. The van der Waals surface area contributed by atoms with Crippen LogP contribution in [0.25, 0.3) is 0 Å². The van der Waals surface area contributed by atoms with Crippen molar-refractivity contribution in [3.05, 3.63) is 88.9 Å². The van der Waals surface area contributed by atoms with E-state index in [1.54, 1.807) is 6.20 Å². The van der Waals surface area contributed by atoms with Crippen molar-refractivity contribution in [1.29, 1.82) is 5.41 Å². The Balaban J connectivity index is 1.54. The number of nitrogens with one attached hydrogen (secondary N) is 4. The van der Waals surface area contributed by atoms with E-state index in [4.69, 9.17) is 5.41 Å². The molecule has 1 saturated heterocycles. The molecule has 2 aromatic carbocycles. The smallest absolute Gasteiger partial charge is 0.255 e. The summed E-state index contributed by atoms with van der Waals surface area (Å²) in [4.78, 5) is 15.0. The molecule has 2 aliphatic rings. The Bertz CT molecular complexity index is 1040. The Labute approximate surface area is 183 Å². The van der Waals surface area contributed by atoms with E-state index in [1.165, 1.54) is 5.56 Å². The van der Waals surface area contributed by atoms with Gasteiger partial charge in [0, 0.05) is 43.5 Å². The van der Waals surface area contributed by atoms with Crippen LogP contribution in [0.3, 0.4) is 0 Å². The number of aryl methyl sites for hydroxylation is 1. The highest BCUT2D eigenvalue weighted by molar-refractivity contribution is 6.04. The zero-order valence-corrected chi connectivity index (χ0v) is 18.0.